The molecule has 5 nitrogen and oxygen atoms in total. The van der Waals surface area contributed by atoms with Gasteiger partial charge in [-0.2, -0.15) is 0 Å². The number of likely N-dealkylation sites (tertiary alicyclic amines) is 2. The number of anilines is 1. The molecule has 3 atom stereocenters. The monoisotopic (exact) mass is 387 g/mol. The fourth-order valence-corrected chi connectivity index (χ4v) is 5.79. The van der Waals surface area contributed by atoms with Crippen LogP contribution in [0.3, 0.4) is 0 Å². The van der Waals surface area contributed by atoms with Gasteiger partial charge in [0.15, 0.2) is 0 Å². The van der Waals surface area contributed by atoms with Crippen molar-refractivity contribution in [2.45, 2.75) is 49.8 Å². The van der Waals surface area contributed by atoms with E-state index in [9.17, 15) is 9.59 Å². The van der Waals surface area contributed by atoms with E-state index in [1.54, 1.807) is 11.8 Å². The van der Waals surface area contributed by atoms with Crippen LogP contribution in [0.2, 0.25) is 0 Å². The summed E-state index contributed by atoms with van der Waals surface area (Å²) in [5.74, 6) is 1.19. The summed E-state index contributed by atoms with van der Waals surface area (Å²) in [4.78, 5) is 30.9. The van der Waals surface area contributed by atoms with E-state index in [2.05, 4.69) is 24.1 Å². The van der Waals surface area contributed by atoms with Crippen molar-refractivity contribution in [3.05, 3.63) is 23.8 Å². The van der Waals surface area contributed by atoms with Crippen LogP contribution < -0.4 is 5.32 Å². The Balaban J connectivity index is 1.50. The van der Waals surface area contributed by atoms with Crippen molar-refractivity contribution < 1.29 is 9.59 Å². The molecule has 1 N–H and O–H groups in total. The van der Waals surface area contributed by atoms with Crippen molar-refractivity contribution in [1.29, 1.82) is 0 Å². The molecule has 0 aliphatic carbocycles. The molecule has 3 unspecified atom stereocenters. The molecule has 146 valence electrons. The van der Waals surface area contributed by atoms with Crippen LogP contribution in [0.25, 0.3) is 0 Å². The average Bonchev–Trinajstić information content (AvgIpc) is 2.66. The second kappa shape index (κ2) is 7.84. The van der Waals surface area contributed by atoms with E-state index in [0.717, 1.165) is 49.6 Å². The molecule has 0 spiro atoms. The number of benzene rings is 1. The first-order valence-electron chi connectivity index (χ1n) is 10.2. The Morgan fingerprint density at radius 1 is 1.11 bits per heavy atom. The molecule has 27 heavy (non-hydrogen) atoms. The van der Waals surface area contributed by atoms with Crippen molar-refractivity contribution in [2.24, 2.45) is 11.8 Å². The number of hydrogen-bond donors (Lipinski definition) is 1. The summed E-state index contributed by atoms with van der Waals surface area (Å²) < 4.78 is 0. The lowest BCUT2D eigenvalue weighted by atomic mass is 9.91. The van der Waals surface area contributed by atoms with Crippen LogP contribution in [-0.4, -0.2) is 53.2 Å². The maximum Gasteiger partial charge on any atom is 0.253 e. The Bertz CT molecular complexity index is 722. The third-order valence-electron chi connectivity index (χ3n) is 5.83. The van der Waals surface area contributed by atoms with Crippen LogP contribution in [0, 0.1) is 11.8 Å². The van der Waals surface area contributed by atoms with E-state index >= 15 is 0 Å². The molecule has 0 radical (unpaired) electrons. The lowest BCUT2D eigenvalue weighted by Gasteiger charge is -2.36. The van der Waals surface area contributed by atoms with E-state index in [0.29, 0.717) is 17.4 Å². The zero-order chi connectivity index (χ0) is 19.0. The van der Waals surface area contributed by atoms with Gasteiger partial charge in [-0.05, 0) is 62.4 Å². The van der Waals surface area contributed by atoms with Gasteiger partial charge < -0.3 is 10.2 Å². The van der Waals surface area contributed by atoms with Crippen molar-refractivity contribution in [3.63, 3.8) is 0 Å². The van der Waals surface area contributed by atoms with Crippen LogP contribution in [0.4, 0.5) is 5.69 Å². The number of carbonyl (C=O) groups is 2. The molecule has 1 aromatic carbocycles. The summed E-state index contributed by atoms with van der Waals surface area (Å²) in [6, 6.07) is 5.78. The van der Waals surface area contributed by atoms with Gasteiger partial charge in [0.05, 0.1) is 5.69 Å². The zero-order valence-corrected chi connectivity index (χ0v) is 17.1. The largest absolute Gasteiger partial charge is 0.338 e. The van der Waals surface area contributed by atoms with Crippen LogP contribution in [-0.2, 0) is 4.79 Å². The number of rotatable bonds is 2. The molecule has 2 amide bonds. The standard InChI is InChI=1S/C21H29N3O2S/c1-14-10-15(2)13-24(12-14)20(26)16-6-7-18-17(11-16)22-19(25)21(27-18)23-8-4-3-5-9-23/h6-7,11,14-15,21H,3-5,8-10,12-13H2,1-2H3,(H,22,25). The van der Waals surface area contributed by atoms with E-state index in [4.69, 9.17) is 0 Å². The quantitative estimate of drug-likeness (QED) is 0.841. The Kier molecular flexibility index (Phi) is 5.46. The summed E-state index contributed by atoms with van der Waals surface area (Å²) in [7, 11) is 0. The molecule has 0 saturated carbocycles. The number of piperidine rings is 2. The van der Waals surface area contributed by atoms with Crippen LogP contribution in [0.5, 0.6) is 0 Å². The maximum atomic E-state index is 13.0. The molecule has 0 bridgehead atoms. The minimum absolute atomic E-state index is 0.0409. The fourth-order valence-electron chi connectivity index (χ4n) is 4.64. The van der Waals surface area contributed by atoms with Crippen molar-refractivity contribution in [3.8, 4) is 0 Å². The highest BCUT2D eigenvalue weighted by Gasteiger charge is 2.33. The number of amides is 2. The normalized spacial score (nSPS) is 29.2. The summed E-state index contributed by atoms with van der Waals surface area (Å²) in [5, 5.41) is 2.90. The summed E-state index contributed by atoms with van der Waals surface area (Å²) >= 11 is 1.62. The average molecular weight is 388 g/mol. The first-order chi connectivity index (χ1) is 13.0. The Morgan fingerprint density at radius 2 is 1.81 bits per heavy atom. The zero-order valence-electron chi connectivity index (χ0n) is 16.2. The minimum atomic E-state index is -0.150. The van der Waals surface area contributed by atoms with Crippen LogP contribution >= 0.6 is 11.8 Å². The summed E-state index contributed by atoms with van der Waals surface area (Å²) in [6.45, 7) is 8.03. The van der Waals surface area contributed by atoms with Crippen LogP contribution in [0.1, 0.15) is 49.9 Å². The van der Waals surface area contributed by atoms with Gasteiger partial charge in [-0.25, -0.2) is 0 Å². The van der Waals surface area contributed by atoms with Gasteiger partial charge in [-0.3, -0.25) is 14.5 Å². The smallest absolute Gasteiger partial charge is 0.253 e. The molecule has 3 aliphatic rings. The topological polar surface area (TPSA) is 52.7 Å². The highest BCUT2D eigenvalue weighted by Crippen LogP contribution is 2.38. The lowest BCUT2D eigenvalue weighted by Crippen LogP contribution is -2.46. The molecule has 3 heterocycles. The van der Waals surface area contributed by atoms with E-state index in [1.165, 1.54) is 12.8 Å². The first kappa shape index (κ1) is 18.8. The van der Waals surface area contributed by atoms with Gasteiger partial charge in [0.25, 0.3) is 11.8 Å². The number of nitrogens with one attached hydrogen (secondary N) is 1. The third kappa shape index (κ3) is 4.02. The molecule has 4 rings (SSSR count). The SMILES string of the molecule is CC1CC(C)CN(C(=O)c2ccc3c(c2)NC(=O)C(N2CCCCC2)S3)C1. The lowest BCUT2D eigenvalue weighted by molar-refractivity contribution is -0.118. The van der Waals surface area contributed by atoms with Gasteiger partial charge in [0.1, 0.15) is 5.37 Å². The molecule has 2 fully saturated rings. The number of thioether (sulfide) groups is 1. The maximum absolute atomic E-state index is 13.0. The number of fused-ring (bicyclic) bond motifs is 1. The Morgan fingerprint density at radius 3 is 2.52 bits per heavy atom. The number of nitrogens with zero attached hydrogens (tertiary/aromatic N) is 2. The van der Waals surface area contributed by atoms with Crippen molar-refractivity contribution in [2.75, 3.05) is 31.5 Å². The third-order valence-corrected chi connectivity index (χ3v) is 7.17. The van der Waals surface area contributed by atoms with Crippen LogP contribution in [0.15, 0.2) is 23.1 Å². The van der Waals surface area contributed by atoms with E-state index < -0.39 is 0 Å². The number of hydrogen-bond acceptors (Lipinski definition) is 4. The van der Waals surface area contributed by atoms with Gasteiger partial charge in [-0.1, -0.05) is 32.0 Å². The van der Waals surface area contributed by atoms with E-state index in [1.807, 2.05) is 23.1 Å². The minimum Gasteiger partial charge on any atom is -0.338 e. The Labute approximate surface area is 165 Å². The second-order valence-electron chi connectivity index (χ2n) is 8.42. The predicted octanol–water partition coefficient (Wildman–Crippen LogP) is 3.66. The molecule has 0 aromatic heterocycles. The molecule has 1 aromatic rings. The van der Waals surface area contributed by atoms with Gasteiger partial charge in [-0.15, -0.1) is 0 Å². The Hall–Kier alpha value is -1.53. The molecule has 2 saturated heterocycles. The van der Waals surface area contributed by atoms with E-state index in [-0.39, 0.29) is 17.2 Å². The van der Waals surface area contributed by atoms with Gasteiger partial charge >= 0.3 is 0 Å². The predicted molar refractivity (Wildman–Crippen MR) is 109 cm³/mol. The molecule has 6 heteroatoms. The summed E-state index contributed by atoms with van der Waals surface area (Å²) in [5.41, 5.74) is 1.45. The molecule has 3 aliphatic heterocycles. The van der Waals surface area contributed by atoms with Gasteiger partial charge in [0, 0.05) is 23.5 Å². The highest BCUT2D eigenvalue weighted by molar-refractivity contribution is 8.00. The molecular weight excluding hydrogens is 358 g/mol. The van der Waals surface area contributed by atoms with Crippen molar-refractivity contribution in [1.82, 2.24) is 9.80 Å². The van der Waals surface area contributed by atoms with Crippen molar-refractivity contribution >= 4 is 29.3 Å². The number of carbonyl (C=O) groups excluding carboxylic acids is 2. The highest BCUT2D eigenvalue weighted by atomic mass is 32.2. The van der Waals surface area contributed by atoms with Gasteiger partial charge in [0.2, 0.25) is 0 Å². The molecular formula is C21H29N3O2S. The first-order valence-corrected chi connectivity index (χ1v) is 11.0. The fraction of sp³-hybridized carbons (Fsp3) is 0.619. The second-order valence-corrected chi connectivity index (χ2v) is 9.55. The summed E-state index contributed by atoms with van der Waals surface area (Å²) in [6.07, 6.45) is 4.76.